The van der Waals surface area contributed by atoms with Crippen molar-refractivity contribution in [2.45, 2.75) is 26.4 Å². The monoisotopic (exact) mass is 636 g/mol. The number of hydrogen-bond acceptors (Lipinski definition) is 12. The zero-order valence-electron chi connectivity index (χ0n) is 28.2. The maximum Gasteiger partial charge on any atom is 0.120 e. The van der Waals surface area contributed by atoms with E-state index in [0.717, 1.165) is 150 Å². The van der Waals surface area contributed by atoms with Gasteiger partial charge in [-0.25, -0.2) is 0 Å². The number of benzene rings is 1. The molecule has 12 nitrogen and oxygen atoms in total. The number of nitrogens with one attached hydrogen (secondary N) is 7. The SMILES string of the molecule is CCCNCCOCCOCCOc1cc(CN2CCNCCNCCNCC2)cc(CN2CCNCCNCCNCC2)c1. The van der Waals surface area contributed by atoms with Gasteiger partial charge in [-0.3, -0.25) is 9.80 Å². The fourth-order valence-electron chi connectivity index (χ4n) is 5.44. The van der Waals surface area contributed by atoms with E-state index in [0.29, 0.717) is 26.4 Å². The second kappa shape index (κ2) is 26.6. The van der Waals surface area contributed by atoms with Crippen LogP contribution < -0.4 is 42.0 Å². The number of nitrogens with zero attached hydrogens (tertiary/aromatic N) is 2. The number of ether oxygens (including phenoxy) is 3. The molecule has 2 aliphatic heterocycles. The number of rotatable bonds is 16. The summed E-state index contributed by atoms with van der Waals surface area (Å²) in [4.78, 5) is 5.11. The van der Waals surface area contributed by atoms with E-state index >= 15 is 0 Å². The van der Waals surface area contributed by atoms with E-state index in [4.69, 9.17) is 14.2 Å². The Kier molecular flexibility index (Phi) is 22.5. The fraction of sp³-hybridized carbons (Fsp3) is 0.818. The van der Waals surface area contributed by atoms with Gasteiger partial charge in [-0.15, -0.1) is 0 Å². The molecule has 0 aromatic heterocycles. The van der Waals surface area contributed by atoms with Crippen LogP contribution >= 0.6 is 0 Å². The van der Waals surface area contributed by atoms with Crippen molar-refractivity contribution in [3.05, 3.63) is 29.3 Å². The van der Waals surface area contributed by atoms with Gasteiger partial charge in [-0.1, -0.05) is 13.0 Å². The van der Waals surface area contributed by atoms with Crippen molar-refractivity contribution < 1.29 is 14.2 Å². The molecule has 7 N–H and O–H groups in total. The lowest BCUT2D eigenvalue weighted by Crippen LogP contribution is -2.41. The van der Waals surface area contributed by atoms with Gasteiger partial charge in [0.1, 0.15) is 12.4 Å². The molecule has 12 heteroatoms. The predicted octanol–water partition coefficient (Wildman–Crippen LogP) is -0.733. The first-order valence-corrected chi connectivity index (χ1v) is 17.6. The molecule has 1 aromatic carbocycles. The molecule has 0 spiro atoms. The molecule has 260 valence electrons. The fourth-order valence-corrected chi connectivity index (χ4v) is 5.44. The highest BCUT2D eigenvalue weighted by molar-refractivity contribution is 5.34. The molecule has 3 rings (SSSR count). The molecule has 2 saturated heterocycles. The van der Waals surface area contributed by atoms with E-state index in [2.05, 4.69) is 72.1 Å². The van der Waals surface area contributed by atoms with Gasteiger partial charge < -0.3 is 51.4 Å². The average molecular weight is 636 g/mol. The molecular formula is C33H65N9O3. The minimum absolute atomic E-state index is 0.526. The van der Waals surface area contributed by atoms with Crippen LogP contribution in [-0.2, 0) is 22.6 Å². The van der Waals surface area contributed by atoms with E-state index < -0.39 is 0 Å². The Hall–Kier alpha value is -1.42. The summed E-state index contributed by atoms with van der Waals surface area (Å²) < 4.78 is 17.7. The molecule has 0 saturated carbocycles. The van der Waals surface area contributed by atoms with Crippen LogP contribution in [0.5, 0.6) is 5.75 Å². The molecule has 45 heavy (non-hydrogen) atoms. The lowest BCUT2D eigenvalue weighted by molar-refractivity contribution is 0.0373. The summed E-state index contributed by atoms with van der Waals surface area (Å²) in [5, 5.41) is 24.7. The summed E-state index contributed by atoms with van der Waals surface area (Å²) in [6, 6.07) is 6.84. The van der Waals surface area contributed by atoms with Crippen LogP contribution in [0.4, 0.5) is 0 Å². The van der Waals surface area contributed by atoms with Crippen molar-refractivity contribution >= 4 is 0 Å². The zero-order chi connectivity index (χ0) is 31.5. The van der Waals surface area contributed by atoms with Crippen molar-refractivity contribution in [3.63, 3.8) is 0 Å². The molecule has 0 bridgehead atoms. The highest BCUT2D eigenvalue weighted by Crippen LogP contribution is 2.20. The van der Waals surface area contributed by atoms with E-state index in [1.165, 1.54) is 11.1 Å². The van der Waals surface area contributed by atoms with Crippen LogP contribution in [0, 0.1) is 0 Å². The Balaban J connectivity index is 1.57. The Labute approximate surface area is 273 Å². The maximum absolute atomic E-state index is 6.28. The van der Waals surface area contributed by atoms with Crippen molar-refractivity contribution in [1.29, 1.82) is 0 Å². The zero-order valence-corrected chi connectivity index (χ0v) is 28.2. The normalized spacial score (nSPS) is 19.6. The molecule has 2 heterocycles. The average Bonchev–Trinajstić information content (AvgIpc) is 3.02. The second-order valence-corrected chi connectivity index (χ2v) is 11.9. The van der Waals surface area contributed by atoms with Crippen molar-refractivity contribution in [1.82, 2.24) is 47.0 Å². The van der Waals surface area contributed by atoms with Crippen molar-refractivity contribution in [2.24, 2.45) is 0 Å². The second-order valence-electron chi connectivity index (χ2n) is 11.9. The Morgan fingerprint density at radius 2 is 0.956 bits per heavy atom. The van der Waals surface area contributed by atoms with Gasteiger partial charge in [0.2, 0.25) is 0 Å². The van der Waals surface area contributed by atoms with Gasteiger partial charge in [0.15, 0.2) is 0 Å². The highest BCUT2D eigenvalue weighted by Gasteiger charge is 2.12. The standard InChI is InChI=1S/C33H65N9O3/c1-2-3-34-16-21-43-22-23-44-24-25-45-33-27-31(29-41-17-12-37-8-4-35-5-9-38-13-18-41)26-32(28-33)30-42-19-14-39-10-6-36-7-11-40-15-20-42/h26-28,34-40H,2-25,29-30H2,1H3. The molecular weight excluding hydrogens is 570 g/mol. The molecule has 0 atom stereocenters. The van der Waals surface area contributed by atoms with E-state index in [-0.39, 0.29) is 0 Å². The highest BCUT2D eigenvalue weighted by atomic mass is 16.5. The third kappa shape index (κ3) is 19.8. The topological polar surface area (TPSA) is 118 Å². The quantitative estimate of drug-likeness (QED) is 0.116. The summed E-state index contributed by atoms with van der Waals surface area (Å²) in [7, 11) is 0. The van der Waals surface area contributed by atoms with E-state index in [1.807, 2.05) is 0 Å². The summed E-state index contributed by atoms with van der Waals surface area (Å²) in [5.74, 6) is 0.928. The molecule has 2 fully saturated rings. The third-order valence-electron chi connectivity index (χ3n) is 7.89. The van der Waals surface area contributed by atoms with Crippen LogP contribution in [-0.4, -0.2) is 161 Å². The van der Waals surface area contributed by atoms with Gasteiger partial charge in [0, 0.05) is 124 Å². The van der Waals surface area contributed by atoms with Gasteiger partial charge in [-0.2, -0.15) is 0 Å². The first-order valence-electron chi connectivity index (χ1n) is 17.6. The summed E-state index contributed by atoms with van der Waals surface area (Å²) >= 11 is 0. The van der Waals surface area contributed by atoms with E-state index in [9.17, 15) is 0 Å². The Bertz CT molecular complexity index is 764. The first-order chi connectivity index (χ1) is 22.3. The van der Waals surface area contributed by atoms with Gasteiger partial charge >= 0.3 is 0 Å². The minimum Gasteiger partial charge on any atom is -0.491 e. The Morgan fingerprint density at radius 1 is 0.533 bits per heavy atom. The summed E-state index contributed by atoms with van der Waals surface area (Å²) in [6.07, 6.45) is 1.14. The lowest BCUT2D eigenvalue weighted by Gasteiger charge is -2.26. The van der Waals surface area contributed by atoms with Crippen LogP contribution in [0.25, 0.3) is 0 Å². The Morgan fingerprint density at radius 3 is 1.42 bits per heavy atom. The van der Waals surface area contributed by atoms with Crippen molar-refractivity contribution in [3.8, 4) is 5.75 Å². The maximum atomic E-state index is 6.28. The van der Waals surface area contributed by atoms with Crippen LogP contribution in [0.1, 0.15) is 24.5 Å². The molecule has 1 aromatic rings. The van der Waals surface area contributed by atoms with Gasteiger partial charge in [0.25, 0.3) is 0 Å². The third-order valence-corrected chi connectivity index (χ3v) is 7.89. The molecule has 0 amide bonds. The smallest absolute Gasteiger partial charge is 0.120 e. The molecule has 0 aliphatic carbocycles. The molecule has 0 radical (unpaired) electrons. The lowest BCUT2D eigenvalue weighted by atomic mass is 10.1. The first kappa shape index (κ1) is 38.0. The van der Waals surface area contributed by atoms with Gasteiger partial charge in [-0.05, 0) is 36.2 Å². The largest absolute Gasteiger partial charge is 0.491 e. The van der Waals surface area contributed by atoms with Crippen LogP contribution in [0.2, 0.25) is 0 Å². The summed E-state index contributed by atoms with van der Waals surface area (Å²) in [6.45, 7) is 25.0. The van der Waals surface area contributed by atoms with Gasteiger partial charge in [0.05, 0.1) is 26.4 Å². The molecule has 2 aliphatic rings. The minimum atomic E-state index is 0.526. The summed E-state index contributed by atoms with van der Waals surface area (Å²) in [5.41, 5.74) is 2.61. The van der Waals surface area contributed by atoms with Crippen LogP contribution in [0.15, 0.2) is 18.2 Å². The predicted molar refractivity (Wildman–Crippen MR) is 185 cm³/mol. The number of hydrogen-bond donors (Lipinski definition) is 7. The van der Waals surface area contributed by atoms with E-state index in [1.54, 1.807) is 0 Å². The van der Waals surface area contributed by atoms with Crippen LogP contribution in [0.3, 0.4) is 0 Å². The molecule has 0 unspecified atom stereocenters. The van der Waals surface area contributed by atoms with Crippen molar-refractivity contribution in [2.75, 3.05) is 151 Å².